The van der Waals surface area contributed by atoms with Crippen LogP contribution in [0.15, 0.2) is 67.1 Å². The summed E-state index contributed by atoms with van der Waals surface area (Å²) in [6.45, 7) is 0.348. The van der Waals surface area contributed by atoms with E-state index in [2.05, 4.69) is 20.6 Å². The maximum atomic E-state index is 12.4. The average Bonchev–Trinajstić information content (AvgIpc) is 2.73. The third kappa shape index (κ3) is 4.52. The van der Waals surface area contributed by atoms with Crippen LogP contribution in [0.5, 0.6) is 0 Å². The molecule has 0 unspecified atom stereocenters. The van der Waals surface area contributed by atoms with Gasteiger partial charge in [0.05, 0.1) is 11.3 Å². The number of nitrogens with zero attached hydrogens (tertiary/aromatic N) is 3. The molecule has 2 N–H and O–H groups in total. The van der Waals surface area contributed by atoms with Crippen molar-refractivity contribution in [2.45, 2.75) is 6.54 Å². The lowest BCUT2D eigenvalue weighted by Crippen LogP contribution is -2.23. The van der Waals surface area contributed by atoms with Gasteiger partial charge in [0.1, 0.15) is 11.8 Å². The van der Waals surface area contributed by atoms with Crippen LogP contribution in [-0.4, -0.2) is 21.8 Å². The molecule has 3 aromatic rings. The quantitative estimate of drug-likeness (QED) is 0.729. The SMILES string of the molecule is N#Cc1ccccc1NC(=O)c1cc(C(=O)NCc2ccncc2)ccn1. The predicted molar refractivity (Wildman–Crippen MR) is 98.8 cm³/mol. The van der Waals surface area contributed by atoms with Crippen molar-refractivity contribution in [3.8, 4) is 6.07 Å². The van der Waals surface area contributed by atoms with E-state index in [1.54, 1.807) is 48.8 Å². The minimum atomic E-state index is -0.499. The summed E-state index contributed by atoms with van der Waals surface area (Å²) in [5, 5.41) is 14.5. The van der Waals surface area contributed by atoms with Gasteiger partial charge in [-0.1, -0.05) is 12.1 Å². The molecule has 0 saturated heterocycles. The number of nitriles is 1. The van der Waals surface area contributed by atoms with E-state index < -0.39 is 5.91 Å². The zero-order valence-corrected chi connectivity index (χ0v) is 14.2. The maximum absolute atomic E-state index is 12.4. The zero-order chi connectivity index (χ0) is 19.1. The fourth-order valence-corrected chi connectivity index (χ4v) is 2.36. The molecule has 7 nitrogen and oxygen atoms in total. The minimum Gasteiger partial charge on any atom is -0.348 e. The molecule has 27 heavy (non-hydrogen) atoms. The largest absolute Gasteiger partial charge is 0.348 e. The van der Waals surface area contributed by atoms with E-state index in [4.69, 9.17) is 5.26 Å². The Hall–Kier alpha value is -4.05. The Balaban J connectivity index is 1.70. The summed E-state index contributed by atoms with van der Waals surface area (Å²) in [7, 11) is 0. The van der Waals surface area contributed by atoms with Crippen LogP contribution in [0.25, 0.3) is 0 Å². The Morgan fingerprint density at radius 1 is 1.00 bits per heavy atom. The van der Waals surface area contributed by atoms with E-state index in [-0.39, 0.29) is 11.6 Å². The molecule has 0 atom stereocenters. The molecule has 0 bridgehead atoms. The number of rotatable bonds is 5. The van der Waals surface area contributed by atoms with Crippen LogP contribution in [-0.2, 0) is 6.54 Å². The number of carbonyl (C=O) groups is 2. The maximum Gasteiger partial charge on any atom is 0.274 e. The Bertz CT molecular complexity index is 1010. The van der Waals surface area contributed by atoms with Gasteiger partial charge in [-0.2, -0.15) is 5.26 Å². The molecule has 7 heteroatoms. The molecule has 1 aromatic carbocycles. The van der Waals surface area contributed by atoms with Crippen LogP contribution in [0.3, 0.4) is 0 Å². The molecule has 0 aliphatic rings. The third-order valence-electron chi connectivity index (χ3n) is 3.75. The molecule has 0 radical (unpaired) electrons. The lowest BCUT2D eigenvalue weighted by Gasteiger charge is -2.08. The van der Waals surface area contributed by atoms with Crippen molar-refractivity contribution in [1.29, 1.82) is 5.26 Å². The molecular weight excluding hydrogens is 342 g/mol. The van der Waals surface area contributed by atoms with Crippen molar-refractivity contribution in [3.05, 3.63) is 89.5 Å². The van der Waals surface area contributed by atoms with Gasteiger partial charge < -0.3 is 10.6 Å². The molecule has 2 aromatic heterocycles. The first-order chi connectivity index (χ1) is 13.2. The summed E-state index contributed by atoms with van der Waals surface area (Å²) < 4.78 is 0. The molecule has 0 aliphatic heterocycles. The number of amides is 2. The lowest BCUT2D eigenvalue weighted by atomic mass is 10.1. The van der Waals surface area contributed by atoms with E-state index in [0.717, 1.165) is 5.56 Å². The minimum absolute atomic E-state index is 0.0827. The highest BCUT2D eigenvalue weighted by molar-refractivity contribution is 6.05. The molecule has 132 valence electrons. The van der Waals surface area contributed by atoms with E-state index >= 15 is 0 Å². The normalized spacial score (nSPS) is 9.89. The fraction of sp³-hybridized carbons (Fsp3) is 0.0500. The van der Waals surface area contributed by atoms with Gasteiger partial charge in [-0.3, -0.25) is 19.6 Å². The van der Waals surface area contributed by atoms with E-state index in [9.17, 15) is 9.59 Å². The van der Waals surface area contributed by atoms with Crippen LogP contribution < -0.4 is 10.6 Å². The fourth-order valence-electron chi connectivity index (χ4n) is 2.36. The number of hydrogen-bond donors (Lipinski definition) is 2. The first kappa shape index (κ1) is 17.8. The number of aromatic nitrogens is 2. The first-order valence-electron chi connectivity index (χ1n) is 8.11. The second-order valence-electron chi connectivity index (χ2n) is 5.58. The predicted octanol–water partition coefficient (Wildman–Crippen LogP) is 2.53. The Labute approximate surface area is 155 Å². The van der Waals surface area contributed by atoms with Gasteiger partial charge in [0.25, 0.3) is 11.8 Å². The van der Waals surface area contributed by atoms with Crippen LogP contribution in [0.4, 0.5) is 5.69 Å². The Kier molecular flexibility index (Phi) is 5.50. The number of pyridine rings is 2. The molecule has 0 saturated carbocycles. The number of benzene rings is 1. The third-order valence-corrected chi connectivity index (χ3v) is 3.75. The number of hydrogen-bond acceptors (Lipinski definition) is 5. The molecule has 0 spiro atoms. The summed E-state index contributed by atoms with van der Waals surface area (Å²) in [5.74, 6) is -0.817. The Morgan fingerprint density at radius 3 is 2.56 bits per heavy atom. The molecule has 2 amide bonds. The van der Waals surface area contributed by atoms with Crippen molar-refractivity contribution < 1.29 is 9.59 Å². The van der Waals surface area contributed by atoms with Crippen molar-refractivity contribution in [2.24, 2.45) is 0 Å². The summed E-state index contributed by atoms with van der Waals surface area (Å²) in [6, 6.07) is 15.2. The number of para-hydroxylation sites is 1. The van der Waals surface area contributed by atoms with Gasteiger partial charge in [-0.05, 0) is 42.0 Å². The zero-order valence-electron chi connectivity index (χ0n) is 14.2. The van der Waals surface area contributed by atoms with Crippen LogP contribution in [0.1, 0.15) is 32.0 Å². The van der Waals surface area contributed by atoms with E-state index in [1.165, 1.54) is 18.3 Å². The van der Waals surface area contributed by atoms with Crippen LogP contribution in [0.2, 0.25) is 0 Å². The number of nitrogens with one attached hydrogen (secondary N) is 2. The van der Waals surface area contributed by atoms with E-state index in [0.29, 0.717) is 23.4 Å². The van der Waals surface area contributed by atoms with Gasteiger partial charge in [0, 0.05) is 30.7 Å². The Morgan fingerprint density at radius 2 is 1.78 bits per heavy atom. The van der Waals surface area contributed by atoms with Crippen molar-refractivity contribution in [3.63, 3.8) is 0 Å². The summed E-state index contributed by atoms with van der Waals surface area (Å²) in [5.41, 5.74) is 2.05. The molecule has 0 aliphatic carbocycles. The molecule has 0 fully saturated rings. The molecule has 3 rings (SSSR count). The number of anilines is 1. The highest BCUT2D eigenvalue weighted by atomic mass is 16.2. The number of carbonyl (C=O) groups excluding carboxylic acids is 2. The highest BCUT2D eigenvalue weighted by Crippen LogP contribution is 2.15. The van der Waals surface area contributed by atoms with Gasteiger partial charge in [-0.25, -0.2) is 0 Å². The van der Waals surface area contributed by atoms with Gasteiger partial charge in [0.2, 0.25) is 0 Å². The van der Waals surface area contributed by atoms with Crippen LogP contribution in [0, 0.1) is 11.3 Å². The van der Waals surface area contributed by atoms with Gasteiger partial charge >= 0.3 is 0 Å². The van der Waals surface area contributed by atoms with Gasteiger partial charge in [-0.15, -0.1) is 0 Å². The topological polar surface area (TPSA) is 108 Å². The summed E-state index contributed by atoms with van der Waals surface area (Å²) in [4.78, 5) is 32.7. The summed E-state index contributed by atoms with van der Waals surface area (Å²) in [6.07, 6.45) is 4.69. The van der Waals surface area contributed by atoms with Crippen molar-refractivity contribution >= 4 is 17.5 Å². The highest BCUT2D eigenvalue weighted by Gasteiger charge is 2.13. The lowest BCUT2D eigenvalue weighted by molar-refractivity contribution is 0.0950. The van der Waals surface area contributed by atoms with Crippen molar-refractivity contribution in [1.82, 2.24) is 15.3 Å². The smallest absolute Gasteiger partial charge is 0.274 e. The standard InChI is InChI=1S/C20H15N5O2/c21-12-16-3-1-2-4-17(16)25-20(27)18-11-15(7-10-23-18)19(26)24-13-14-5-8-22-9-6-14/h1-11H,13H2,(H,24,26)(H,25,27). The van der Waals surface area contributed by atoms with Crippen LogP contribution >= 0.6 is 0 Å². The van der Waals surface area contributed by atoms with Crippen molar-refractivity contribution in [2.75, 3.05) is 5.32 Å². The molecular formula is C20H15N5O2. The molecule has 2 heterocycles. The summed E-state index contributed by atoms with van der Waals surface area (Å²) >= 11 is 0. The van der Waals surface area contributed by atoms with E-state index in [1.807, 2.05) is 6.07 Å². The first-order valence-corrected chi connectivity index (χ1v) is 8.11. The average molecular weight is 357 g/mol. The second kappa shape index (κ2) is 8.36. The monoisotopic (exact) mass is 357 g/mol. The van der Waals surface area contributed by atoms with Gasteiger partial charge in [0.15, 0.2) is 0 Å². The second-order valence-corrected chi connectivity index (χ2v) is 5.58.